The first-order valence-corrected chi connectivity index (χ1v) is 7.71. The van der Waals surface area contributed by atoms with E-state index in [-0.39, 0.29) is 12.2 Å². The second-order valence-corrected chi connectivity index (χ2v) is 5.37. The van der Waals surface area contributed by atoms with Crippen LogP contribution in [0.4, 0.5) is 11.4 Å². The molecule has 0 atom stereocenters. The minimum absolute atomic E-state index is 0.0463. The molecule has 0 bridgehead atoms. The number of rotatable bonds is 5. The molecule has 1 saturated heterocycles. The summed E-state index contributed by atoms with van der Waals surface area (Å²) in [6, 6.07) is 9.78. The van der Waals surface area contributed by atoms with Gasteiger partial charge in [0, 0.05) is 43.8 Å². The Labute approximate surface area is 136 Å². The van der Waals surface area contributed by atoms with Crippen molar-refractivity contribution in [2.45, 2.75) is 6.92 Å². The number of esters is 1. The lowest BCUT2D eigenvalue weighted by Crippen LogP contribution is -2.44. The van der Waals surface area contributed by atoms with Gasteiger partial charge in [0.05, 0.1) is 6.61 Å². The molecule has 1 fully saturated rings. The van der Waals surface area contributed by atoms with Crippen molar-refractivity contribution in [1.29, 1.82) is 5.26 Å². The molecule has 0 aliphatic carbocycles. The van der Waals surface area contributed by atoms with Crippen LogP contribution in [0.5, 0.6) is 0 Å². The first-order chi connectivity index (χ1) is 11.1. The average molecular weight is 314 g/mol. The fraction of sp³-hybridized carbons (Fsp3) is 0.412. The highest BCUT2D eigenvalue weighted by atomic mass is 16.5. The fourth-order valence-corrected chi connectivity index (χ4v) is 2.33. The number of hydrogen-bond acceptors (Lipinski definition) is 6. The third-order valence-corrected chi connectivity index (χ3v) is 3.73. The number of nitriles is 1. The highest BCUT2D eigenvalue weighted by Gasteiger charge is 2.14. The third kappa shape index (κ3) is 4.73. The van der Waals surface area contributed by atoms with Gasteiger partial charge < -0.3 is 19.9 Å². The molecule has 6 heteroatoms. The molecule has 2 rings (SSSR count). The Morgan fingerprint density at radius 1 is 1.30 bits per heavy atom. The van der Waals surface area contributed by atoms with Crippen molar-refractivity contribution in [3.05, 3.63) is 36.0 Å². The molecule has 1 aliphatic rings. The number of nitrogens with one attached hydrogen (secondary N) is 1. The van der Waals surface area contributed by atoms with Crippen LogP contribution in [0.25, 0.3) is 0 Å². The van der Waals surface area contributed by atoms with Crippen molar-refractivity contribution in [2.24, 2.45) is 0 Å². The smallest absolute Gasteiger partial charge is 0.350 e. The van der Waals surface area contributed by atoms with Crippen LogP contribution in [0.2, 0.25) is 0 Å². The number of piperazine rings is 1. The van der Waals surface area contributed by atoms with Crippen molar-refractivity contribution in [3.63, 3.8) is 0 Å². The molecule has 1 N–H and O–H groups in total. The van der Waals surface area contributed by atoms with Crippen LogP contribution >= 0.6 is 0 Å². The molecule has 0 amide bonds. The minimum atomic E-state index is -0.614. The molecule has 122 valence electrons. The maximum Gasteiger partial charge on any atom is 0.350 e. The molecular weight excluding hydrogens is 292 g/mol. The highest BCUT2D eigenvalue weighted by molar-refractivity contribution is 5.93. The zero-order chi connectivity index (χ0) is 16.7. The summed E-state index contributed by atoms with van der Waals surface area (Å²) in [5, 5.41) is 11.9. The van der Waals surface area contributed by atoms with Gasteiger partial charge in [-0.1, -0.05) is 0 Å². The first kappa shape index (κ1) is 16.8. The normalized spacial score (nSPS) is 15.9. The Hall–Kier alpha value is -2.52. The van der Waals surface area contributed by atoms with Crippen LogP contribution in [0.15, 0.2) is 36.0 Å². The second-order valence-electron chi connectivity index (χ2n) is 5.37. The van der Waals surface area contributed by atoms with Crippen LogP contribution < -0.4 is 10.2 Å². The molecule has 0 saturated carbocycles. The van der Waals surface area contributed by atoms with E-state index < -0.39 is 5.97 Å². The molecule has 1 aromatic rings. The molecule has 1 aromatic carbocycles. The Morgan fingerprint density at radius 2 is 1.96 bits per heavy atom. The molecule has 0 radical (unpaired) electrons. The zero-order valence-electron chi connectivity index (χ0n) is 13.6. The molecule has 0 spiro atoms. The summed E-state index contributed by atoms with van der Waals surface area (Å²) in [5.41, 5.74) is 1.95. The lowest BCUT2D eigenvalue weighted by atomic mass is 10.2. The van der Waals surface area contributed by atoms with Gasteiger partial charge in [0.2, 0.25) is 0 Å². The number of benzene rings is 1. The Balaban J connectivity index is 1.97. The van der Waals surface area contributed by atoms with Crippen molar-refractivity contribution >= 4 is 17.3 Å². The molecule has 23 heavy (non-hydrogen) atoms. The largest absolute Gasteiger partial charge is 0.462 e. The van der Waals surface area contributed by atoms with Gasteiger partial charge in [-0.05, 0) is 38.2 Å². The number of carbonyl (C=O) groups is 1. The van der Waals surface area contributed by atoms with Crippen LogP contribution in [0, 0.1) is 11.3 Å². The Morgan fingerprint density at radius 3 is 2.52 bits per heavy atom. The molecule has 0 unspecified atom stereocenters. The van der Waals surface area contributed by atoms with E-state index in [2.05, 4.69) is 22.2 Å². The van der Waals surface area contributed by atoms with E-state index >= 15 is 0 Å². The van der Waals surface area contributed by atoms with E-state index in [1.165, 1.54) is 11.9 Å². The van der Waals surface area contributed by atoms with Gasteiger partial charge in [0.1, 0.15) is 6.07 Å². The molecule has 0 aromatic heterocycles. The van der Waals surface area contributed by atoms with E-state index in [1.807, 2.05) is 30.3 Å². The number of likely N-dealkylation sites (N-methyl/N-ethyl adjacent to an activating group) is 1. The number of hydrogen-bond donors (Lipinski definition) is 1. The average Bonchev–Trinajstić information content (AvgIpc) is 2.57. The quantitative estimate of drug-likeness (QED) is 0.508. The third-order valence-electron chi connectivity index (χ3n) is 3.73. The van der Waals surface area contributed by atoms with Crippen molar-refractivity contribution in [2.75, 3.05) is 50.1 Å². The van der Waals surface area contributed by atoms with Crippen LogP contribution in [0.1, 0.15) is 6.92 Å². The van der Waals surface area contributed by atoms with E-state index in [0.717, 1.165) is 31.9 Å². The molecule has 6 nitrogen and oxygen atoms in total. The van der Waals surface area contributed by atoms with Gasteiger partial charge in [0.15, 0.2) is 5.57 Å². The lowest BCUT2D eigenvalue weighted by molar-refractivity contribution is -0.138. The van der Waals surface area contributed by atoms with E-state index in [1.54, 1.807) is 6.92 Å². The highest BCUT2D eigenvalue weighted by Crippen LogP contribution is 2.19. The maximum absolute atomic E-state index is 11.5. The molecular formula is C17H22N4O2. The summed E-state index contributed by atoms with van der Waals surface area (Å²) in [6.07, 6.45) is 1.38. The fourth-order valence-electron chi connectivity index (χ4n) is 2.33. The van der Waals surface area contributed by atoms with E-state index in [9.17, 15) is 4.79 Å². The van der Waals surface area contributed by atoms with Crippen molar-refractivity contribution in [3.8, 4) is 6.07 Å². The van der Waals surface area contributed by atoms with Crippen LogP contribution in [-0.2, 0) is 9.53 Å². The van der Waals surface area contributed by atoms with Gasteiger partial charge >= 0.3 is 5.97 Å². The zero-order valence-corrected chi connectivity index (χ0v) is 13.6. The van der Waals surface area contributed by atoms with E-state index in [4.69, 9.17) is 10.00 Å². The van der Waals surface area contributed by atoms with Crippen molar-refractivity contribution in [1.82, 2.24) is 4.90 Å². The first-order valence-electron chi connectivity index (χ1n) is 7.71. The van der Waals surface area contributed by atoms with Crippen molar-refractivity contribution < 1.29 is 9.53 Å². The van der Waals surface area contributed by atoms with E-state index in [0.29, 0.717) is 0 Å². The number of anilines is 2. The monoisotopic (exact) mass is 314 g/mol. The standard InChI is InChI=1S/C17H22N4O2/c1-3-23-17(22)14(12-18)13-19-15-4-6-16(7-5-15)21-10-8-20(2)9-11-21/h4-7,13,19H,3,8-11H2,1-2H3/b14-13+. The summed E-state index contributed by atoms with van der Waals surface area (Å²) < 4.78 is 4.81. The minimum Gasteiger partial charge on any atom is -0.462 e. The molecule has 1 aliphatic heterocycles. The van der Waals surface area contributed by atoms with Gasteiger partial charge in [-0.2, -0.15) is 5.26 Å². The predicted molar refractivity (Wildman–Crippen MR) is 90.1 cm³/mol. The Kier molecular flexibility index (Phi) is 6.01. The topological polar surface area (TPSA) is 68.6 Å². The summed E-state index contributed by atoms with van der Waals surface area (Å²) >= 11 is 0. The Bertz CT molecular complexity index is 596. The number of ether oxygens (including phenoxy) is 1. The summed E-state index contributed by atoms with van der Waals surface area (Å²) in [6.45, 7) is 6.12. The summed E-state index contributed by atoms with van der Waals surface area (Å²) in [5.74, 6) is -0.614. The summed E-state index contributed by atoms with van der Waals surface area (Å²) in [7, 11) is 2.13. The van der Waals surface area contributed by atoms with Crippen LogP contribution in [-0.4, -0.2) is 50.7 Å². The van der Waals surface area contributed by atoms with Gasteiger partial charge in [-0.3, -0.25) is 0 Å². The molecule has 1 heterocycles. The lowest BCUT2D eigenvalue weighted by Gasteiger charge is -2.34. The number of carbonyl (C=O) groups excluding carboxylic acids is 1. The number of nitrogens with zero attached hydrogens (tertiary/aromatic N) is 3. The maximum atomic E-state index is 11.5. The van der Waals surface area contributed by atoms with Crippen LogP contribution in [0.3, 0.4) is 0 Å². The van der Waals surface area contributed by atoms with Gasteiger partial charge in [0.25, 0.3) is 0 Å². The summed E-state index contributed by atoms with van der Waals surface area (Å²) in [4.78, 5) is 16.2. The SMILES string of the molecule is CCOC(=O)/C(C#N)=C/Nc1ccc(N2CCN(C)CC2)cc1. The van der Waals surface area contributed by atoms with Gasteiger partial charge in [-0.15, -0.1) is 0 Å². The predicted octanol–water partition coefficient (Wildman–Crippen LogP) is 1.82. The van der Waals surface area contributed by atoms with Gasteiger partial charge in [-0.25, -0.2) is 4.79 Å². The second kappa shape index (κ2) is 8.20.